The number of ether oxygens (including phenoxy) is 1. The molecule has 0 radical (unpaired) electrons. The summed E-state index contributed by atoms with van der Waals surface area (Å²) in [6, 6.07) is 6.43. The van der Waals surface area contributed by atoms with Crippen molar-refractivity contribution in [3.63, 3.8) is 0 Å². The molecule has 4 heteroatoms. The lowest BCUT2D eigenvalue weighted by Gasteiger charge is -2.11. The van der Waals surface area contributed by atoms with Crippen LogP contribution in [0.3, 0.4) is 0 Å². The maximum Gasteiger partial charge on any atom is 0.120 e. The van der Waals surface area contributed by atoms with E-state index in [1.807, 2.05) is 18.2 Å². The van der Waals surface area contributed by atoms with Gasteiger partial charge in [0, 0.05) is 22.6 Å². The Kier molecular flexibility index (Phi) is 6.63. The normalized spacial score (nSPS) is 11.4. The van der Waals surface area contributed by atoms with Gasteiger partial charge in [-0.1, -0.05) is 41.4 Å². The van der Waals surface area contributed by atoms with E-state index in [-0.39, 0.29) is 0 Å². The van der Waals surface area contributed by atoms with E-state index in [4.69, 9.17) is 16.3 Å². The molecule has 0 fully saturated rings. The van der Waals surface area contributed by atoms with Gasteiger partial charge in [-0.05, 0) is 29.8 Å². The lowest BCUT2D eigenvalue weighted by Crippen LogP contribution is -2.22. The van der Waals surface area contributed by atoms with E-state index in [2.05, 4.69) is 35.1 Å². The van der Waals surface area contributed by atoms with Gasteiger partial charge in [-0.15, -0.1) is 0 Å². The Labute approximate surface area is 116 Å². The zero-order chi connectivity index (χ0) is 12.7. The summed E-state index contributed by atoms with van der Waals surface area (Å²) in [4.78, 5) is 0. The Hall–Kier alpha value is -0.510. The molecule has 0 unspecified atom stereocenters. The van der Waals surface area contributed by atoms with Crippen molar-refractivity contribution in [2.75, 3.05) is 6.61 Å². The first-order valence-corrected chi connectivity index (χ1v) is 6.76. The van der Waals surface area contributed by atoms with Crippen LogP contribution in [-0.4, -0.2) is 12.6 Å². The molecule has 0 bridgehead atoms. The number of halogens is 2. The minimum absolute atomic E-state index is 0.464. The van der Waals surface area contributed by atoms with Gasteiger partial charge in [0.15, 0.2) is 0 Å². The van der Waals surface area contributed by atoms with Gasteiger partial charge in [0.2, 0.25) is 0 Å². The highest BCUT2D eigenvalue weighted by atomic mass is 79.9. The second kappa shape index (κ2) is 7.75. The van der Waals surface area contributed by atoms with E-state index in [0.717, 1.165) is 16.8 Å². The van der Waals surface area contributed by atoms with Crippen LogP contribution in [-0.2, 0) is 6.54 Å². The molecule has 0 saturated heterocycles. The molecule has 1 rings (SSSR count). The topological polar surface area (TPSA) is 21.3 Å². The number of hydrogen-bond acceptors (Lipinski definition) is 2. The molecule has 0 atom stereocenters. The van der Waals surface area contributed by atoms with Crippen molar-refractivity contribution in [3.8, 4) is 5.75 Å². The van der Waals surface area contributed by atoms with Crippen molar-refractivity contribution in [3.05, 3.63) is 39.8 Å². The molecule has 1 N–H and O–H groups in total. The van der Waals surface area contributed by atoms with Gasteiger partial charge in [-0.2, -0.15) is 0 Å². The number of hydrogen-bond donors (Lipinski definition) is 1. The summed E-state index contributed by atoms with van der Waals surface area (Å²) in [5.41, 5.74) is 2.64. The highest BCUT2D eigenvalue weighted by molar-refractivity contribution is 9.10. The molecule has 0 saturated carbocycles. The zero-order valence-electron chi connectivity index (χ0n) is 10.0. The Morgan fingerprint density at radius 2 is 2.24 bits per heavy atom. The second-order valence-electron chi connectivity index (χ2n) is 3.96. The first kappa shape index (κ1) is 14.6. The van der Waals surface area contributed by atoms with Crippen LogP contribution in [0, 0.1) is 0 Å². The highest BCUT2D eigenvalue weighted by Gasteiger charge is 2.03. The number of nitrogens with one attached hydrogen (secondary N) is 1. The van der Waals surface area contributed by atoms with E-state index >= 15 is 0 Å². The van der Waals surface area contributed by atoms with Crippen molar-refractivity contribution in [1.82, 2.24) is 5.32 Å². The Morgan fingerprint density at radius 1 is 1.47 bits per heavy atom. The maximum absolute atomic E-state index is 5.53. The van der Waals surface area contributed by atoms with E-state index < -0.39 is 0 Å². The van der Waals surface area contributed by atoms with Crippen LogP contribution in [0.2, 0.25) is 0 Å². The van der Waals surface area contributed by atoms with Gasteiger partial charge in [0.1, 0.15) is 12.4 Å². The van der Waals surface area contributed by atoms with Crippen LogP contribution in [0.5, 0.6) is 5.75 Å². The molecule has 0 spiro atoms. The molecule has 0 aliphatic carbocycles. The number of rotatable bonds is 6. The fraction of sp³-hybridized carbons (Fsp3) is 0.385. The minimum atomic E-state index is 0.464. The standard InChI is InChI=1S/C13H17BrClNO/c1-10(2)16-9-11-8-12(4-5-13(11)14)17-7-3-6-15/h3-6,8,10,16H,7,9H2,1-2H3/b6-3+. The summed E-state index contributed by atoms with van der Waals surface area (Å²) >= 11 is 8.96. The third-order valence-electron chi connectivity index (χ3n) is 2.15. The summed E-state index contributed by atoms with van der Waals surface area (Å²) in [5.74, 6) is 0.850. The molecular formula is C13H17BrClNO. The SMILES string of the molecule is CC(C)NCc1cc(OC/C=C/Cl)ccc1Br. The fourth-order valence-electron chi connectivity index (χ4n) is 1.27. The largest absolute Gasteiger partial charge is 0.489 e. The second-order valence-corrected chi connectivity index (χ2v) is 5.07. The van der Waals surface area contributed by atoms with Crippen molar-refractivity contribution in [2.45, 2.75) is 26.4 Å². The van der Waals surface area contributed by atoms with Crippen LogP contribution in [0.15, 0.2) is 34.3 Å². The molecule has 2 nitrogen and oxygen atoms in total. The summed E-state index contributed by atoms with van der Waals surface area (Å²) in [5, 5.41) is 3.38. The average Bonchev–Trinajstić information content (AvgIpc) is 2.29. The summed E-state index contributed by atoms with van der Waals surface area (Å²) in [7, 11) is 0. The molecule has 0 aliphatic rings. The van der Waals surface area contributed by atoms with Gasteiger partial charge < -0.3 is 10.1 Å². The van der Waals surface area contributed by atoms with Crippen molar-refractivity contribution < 1.29 is 4.74 Å². The van der Waals surface area contributed by atoms with Crippen molar-refractivity contribution in [1.29, 1.82) is 0 Å². The first-order chi connectivity index (χ1) is 8.13. The Balaban J connectivity index is 2.65. The van der Waals surface area contributed by atoms with Crippen LogP contribution in [0.1, 0.15) is 19.4 Å². The molecule has 0 aliphatic heterocycles. The molecule has 1 aromatic rings. The van der Waals surface area contributed by atoms with Gasteiger partial charge >= 0.3 is 0 Å². The third-order valence-corrected chi connectivity index (χ3v) is 3.11. The Morgan fingerprint density at radius 3 is 2.88 bits per heavy atom. The predicted octanol–water partition coefficient (Wildman–Crippen LogP) is 4.08. The summed E-state index contributed by atoms with van der Waals surface area (Å²) < 4.78 is 6.62. The molecule has 17 heavy (non-hydrogen) atoms. The quantitative estimate of drug-likeness (QED) is 0.853. The lowest BCUT2D eigenvalue weighted by molar-refractivity contribution is 0.362. The molecule has 1 aromatic carbocycles. The molecule has 0 heterocycles. The van der Waals surface area contributed by atoms with Gasteiger partial charge in [0.25, 0.3) is 0 Å². The van der Waals surface area contributed by atoms with Crippen LogP contribution >= 0.6 is 27.5 Å². The van der Waals surface area contributed by atoms with Gasteiger partial charge in [-0.25, -0.2) is 0 Å². The van der Waals surface area contributed by atoms with E-state index in [9.17, 15) is 0 Å². The van der Waals surface area contributed by atoms with Gasteiger partial charge in [0.05, 0.1) is 0 Å². The highest BCUT2D eigenvalue weighted by Crippen LogP contribution is 2.22. The molecule has 0 amide bonds. The van der Waals surface area contributed by atoms with Crippen LogP contribution < -0.4 is 10.1 Å². The predicted molar refractivity (Wildman–Crippen MR) is 76.6 cm³/mol. The molecule has 0 aromatic heterocycles. The minimum Gasteiger partial charge on any atom is -0.489 e. The van der Waals surface area contributed by atoms with Gasteiger partial charge in [-0.3, -0.25) is 0 Å². The Bertz CT molecular complexity index is 380. The van der Waals surface area contributed by atoms with Crippen LogP contribution in [0.25, 0.3) is 0 Å². The maximum atomic E-state index is 5.53. The van der Waals surface area contributed by atoms with E-state index in [1.165, 1.54) is 11.1 Å². The molecule has 94 valence electrons. The van der Waals surface area contributed by atoms with Crippen molar-refractivity contribution in [2.24, 2.45) is 0 Å². The monoisotopic (exact) mass is 317 g/mol. The number of benzene rings is 1. The fourth-order valence-corrected chi connectivity index (χ4v) is 1.73. The summed E-state index contributed by atoms with van der Waals surface area (Å²) in [6.45, 7) is 5.56. The van der Waals surface area contributed by atoms with Crippen LogP contribution in [0.4, 0.5) is 0 Å². The smallest absolute Gasteiger partial charge is 0.120 e. The average molecular weight is 319 g/mol. The van der Waals surface area contributed by atoms with E-state index in [1.54, 1.807) is 6.08 Å². The zero-order valence-corrected chi connectivity index (χ0v) is 12.4. The lowest BCUT2D eigenvalue weighted by atomic mass is 10.2. The van der Waals surface area contributed by atoms with Crippen molar-refractivity contribution >= 4 is 27.5 Å². The molecular weight excluding hydrogens is 302 g/mol. The summed E-state index contributed by atoms with van der Waals surface area (Å²) in [6.07, 6.45) is 1.76. The van der Waals surface area contributed by atoms with E-state index in [0.29, 0.717) is 12.6 Å². The third kappa shape index (κ3) is 5.57. The first-order valence-electron chi connectivity index (χ1n) is 5.53.